The molecule has 0 spiro atoms. The van der Waals surface area contributed by atoms with E-state index in [0.29, 0.717) is 37.4 Å². The molecule has 2 aromatic rings. The molecule has 1 N–H and O–H groups in total. The van der Waals surface area contributed by atoms with Crippen molar-refractivity contribution < 1.29 is 22.8 Å². The fourth-order valence-electron chi connectivity index (χ4n) is 2.78. The van der Waals surface area contributed by atoms with Crippen molar-refractivity contribution in [3.05, 3.63) is 47.8 Å². The molecule has 2 heterocycles. The molecule has 10 heteroatoms. The third-order valence-corrected chi connectivity index (χ3v) is 4.38. The standard InChI is InChI=1S/C18H18F3N5O2/c1-12(27)25-6-8-26(9-7-25)16(28)13-10-22-17(23-11-13)24-15-4-2-14(3-5-15)18(19,20)21/h2-5,10-11H,6-9H2,1H3,(H,22,23,24). The van der Waals surface area contributed by atoms with E-state index in [4.69, 9.17) is 0 Å². The number of piperazine rings is 1. The first-order valence-electron chi connectivity index (χ1n) is 8.55. The van der Waals surface area contributed by atoms with E-state index in [-0.39, 0.29) is 17.8 Å². The first-order valence-corrected chi connectivity index (χ1v) is 8.55. The number of nitrogens with zero attached hydrogens (tertiary/aromatic N) is 4. The highest BCUT2D eigenvalue weighted by Gasteiger charge is 2.30. The van der Waals surface area contributed by atoms with Gasteiger partial charge in [-0.05, 0) is 24.3 Å². The molecule has 0 saturated carbocycles. The second-order valence-electron chi connectivity index (χ2n) is 6.29. The molecule has 2 amide bonds. The van der Waals surface area contributed by atoms with Crippen LogP contribution in [0, 0.1) is 0 Å². The van der Waals surface area contributed by atoms with Gasteiger partial charge in [-0.1, -0.05) is 0 Å². The molecule has 7 nitrogen and oxygen atoms in total. The molecule has 1 aromatic carbocycles. The van der Waals surface area contributed by atoms with Crippen LogP contribution in [0.3, 0.4) is 0 Å². The maximum absolute atomic E-state index is 12.6. The number of hydrogen-bond acceptors (Lipinski definition) is 5. The largest absolute Gasteiger partial charge is 0.416 e. The third-order valence-electron chi connectivity index (χ3n) is 4.38. The molecule has 0 atom stereocenters. The van der Waals surface area contributed by atoms with Crippen molar-refractivity contribution in [3.63, 3.8) is 0 Å². The van der Waals surface area contributed by atoms with Gasteiger partial charge < -0.3 is 15.1 Å². The molecule has 3 rings (SSSR count). The van der Waals surface area contributed by atoms with E-state index in [1.807, 2.05) is 0 Å². The van der Waals surface area contributed by atoms with Crippen LogP contribution in [-0.2, 0) is 11.0 Å². The Hall–Kier alpha value is -3.17. The predicted octanol–water partition coefficient (Wildman–Crippen LogP) is 2.54. The molecular formula is C18H18F3N5O2. The van der Waals surface area contributed by atoms with E-state index in [2.05, 4.69) is 15.3 Å². The number of nitrogens with one attached hydrogen (secondary N) is 1. The maximum atomic E-state index is 12.6. The quantitative estimate of drug-likeness (QED) is 0.867. The number of benzene rings is 1. The maximum Gasteiger partial charge on any atom is 0.416 e. The summed E-state index contributed by atoms with van der Waals surface area (Å²) in [5.41, 5.74) is -0.0496. The molecule has 1 aromatic heterocycles. The van der Waals surface area contributed by atoms with Crippen LogP contribution in [0.1, 0.15) is 22.8 Å². The number of amides is 2. The lowest BCUT2D eigenvalue weighted by atomic mass is 10.2. The second kappa shape index (κ2) is 7.83. The van der Waals surface area contributed by atoms with Gasteiger partial charge >= 0.3 is 6.18 Å². The average molecular weight is 393 g/mol. The van der Waals surface area contributed by atoms with Gasteiger partial charge in [0.05, 0.1) is 11.1 Å². The zero-order valence-electron chi connectivity index (χ0n) is 15.0. The van der Waals surface area contributed by atoms with Gasteiger partial charge in [0.1, 0.15) is 0 Å². The van der Waals surface area contributed by atoms with Crippen LogP contribution in [0.2, 0.25) is 0 Å². The Morgan fingerprint density at radius 1 is 0.964 bits per heavy atom. The van der Waals surface area contributed by atoms with Crippen molar-refractivity contribution in [2.45, 2.75) is 13.1 Å². The Balaban J connectivity index is 1.60. The molecule has 1 aliphatic heterocycles. The van der Waals surface area contributed by atoms with E-state index in [9.17, 15) is 22.8 Å². The van der Waals surface area contributed by atoms with Crippen molar-refractivity contribution in [3.8, 4) is 0 Å². The van der Waals surface area contributed by atoms with Crippen molar-refractivity contribution >= 4 is 23.5 Å². The summed E-state index contributed by atoms with van der Waals surface area (Å²) >= 11 is 0. The molecule has 28 heavy (non-hydrogen) atoms. The van der Waals surface area contributed by atoms with Crippen LogP contribution in [-0.4, -0.2) is 57.8 Å². The van der Waals surface area contributed by atoms with Crippen LogP contribution < -0.4 is 5.32 Å². The van der Waals surface area contributed by atoms with Gasteiger partial charge in [-0.2, -0.15) is 13.2 Å². The van der Waals surface area contributed by atoms with E-state index in [0.717, 1.165) is 12.1 Å². The Labute approximate surface area is 159 Å². The highest BCUT2D eigenvalue weighted by atomic mass is 19.4. The smallest absolute Gasteiger partial charge is 0.339 e. The summed E-state index contributed by atoms with van der Waals surface area (Å²) in [5.74, 6) is -0.0869. The topological polar surface area (TPSA) is 78.4 Å². The number of anilines is 2. The average Bonchev–Trinajstić information content (AvgIpc) is 2.68. The normalized spacial score (nSPS) is 14.7. The van der Waals surface area contributed by atoms with E-state index < -0.39 is 11.7 Å². The minimum absolute atomic E-state index is 0.0193. The molecule has 0 radical (unpaired) electrons. The summed E-state index contributed by atoms with van der Waals surface area (Å²) in [6.07, 6.45) is -1.68. The number of aromatic nitrogens is 2. The molecular weight excluding hydrogens is 375 g/mol. The minimum atomic E-state index is -4.40. The SMILES string of the molecule is CC(=O)N1CCN(C(=O)c2cnc(Nc3ccc(C(F)(F)F)cc3)nc2)CC1. The number of hydrogen-bond donors (Lipinski definition) is 1. The van der Waals surface area contributed by atoms with Crippen molar-refractivity contribution in [2.75, 3.05) is 31.5 Å². The monoisotopic (exact) mass is 393 g/mol. The Kier molecular flexibility index (Phi) is 5.48. The Morgan fingerprint density at radius 3 is 2.00 bits per heavy atom. The number of carbonyl (C=O) groups excluding carboxylic acids is 2. The second-order valence-corrected chi connectivity index (χ2v) is 6.29. The molecule has 1 fully saturated rings. The zero-order chi connectivity index (χ0) is 20.3. The van der Waals surface area contributed by atoms with Crippen LogP contribution in [0.5, 0.6) is 0 Å². The zero-order valence-corrected chi connectivity index (χ0v) is 15.0. The van der Waals surface area contributed by atoms with Gasteiger partial charge in [0.15, 0.2) is 0 Å². The van der Waals surface area contributed by atoms with Crippen LogP contribution in [0.15, 0.2) is 36.7 Å². The molecule has 148 valence electrons. The lowest BCUT2D eigenvalue weighted by Gasteiger charge is -2.34. The lowest BCUT2D eigenvalue weighted by molar-refractivity contribution is -0.137. The molecule has 0 unspecified atom stereocenters. The summed E-state index contributed by atoms with van der Waals surface area (Å²) in [5, 5.41) is 2.79. The fourth-order valence-corrected chi connectivity index (χ4v) is 2.78. The fraction of sp³-hybridized carbons (Fsp3) is 0.333. The van der Waals surface area contributed by atoms with E-state index >= 15 is 0 Å². The Morgan fingerprint density at radius 2 is 1.50 bits per heavy atom. The molecule has 1 saturated heterocycles. The summed E-state index contributed by atoms with van der Waals surface area (Å²) in [6.45, 7) is 3.33. The van der Waals surface area contributed by atoms with Gasteiger partial charge in [0.25, 0.3) is 5.91 Å². The van der Waals surface area contributed by atoms with E-state index in [1.165, 1.54) is 31.5 Å². The Bertz CT molecular complexity index is 845. The van der Waals surface area contributed by atoms with Gasteiger partial charge in [-0.25, -0.2) is 9.97 Å². The van der Waals surface area contributed by atoms with Crippen molar-refractivity contribution in [1.29, 1.82) is 0 Å². The highest BCUT2D eigenvalue weighted by molar-refractivity contribution is 5.94. The third kappa shape index (κ3) is 4.56. The summed E-state index contributed by atoms with van der Waals surface area (Å²) in [4.78, 5) is 35.2. The summed E-state index contributed by atoms with van der Waals surface area (Å²) in [6, 6.07) is 4.47. The number of rotatable bonds is 3. The molecule has 1 aliphatic rings. The molecule has 0 aliphatic carbocycles. The first kappa shape index (κ1) is 19.6. The van der Waals surface area contributed by atoms with Gasteiger partial charge in [0, 0.05) is 51.2 Å². The number of alkyl halides is 3. The van der Waals surface area contributed by atoms with Crippen LogP contribution in [0.4, 0.5) is 24.8 Å². The van der Waals surface area contributed by atoms with Gasteiger partial charge in [-0.15, -0.1) is 0 Å². The van der Waals surface area contributed by atoms with Gasteiger partial charge in [-0.3, -0.25) is 9.59 Å². The van der Waals surface area contributed by atoms with Crippen LogP contribution in [0.25, 0.3) is 0 Å². The number of halogens is 3. The van der Waals surface area contributed by atoms with Crippen LogP contribution >= 0.6 is 0 Å². The first-order chi connectivity index (χ1) is 13.2. The highest BCUT2D eigenvalue weighted by Crippen LogP contribution is 2.30. The lowest BCUT2D eigenvalue weighted by Crippen LogP contribution is -2.50. The summed E-state index contributed by atoms with van der Waals surface area (Å²) in [7, 11) is 0. The van der Waals surface area contributed by atoms with Crippen molar-refractivity contribution in [1.82, 2.24) is 19.8 Å². The number of carbonyl (C=O) groups is 2. The minimum Gasteiger partial charge on any atom is -0.339 e. The van der Waals surface area contributed by atoms with E-state index in [1.54, 1.807) is 9.80 Å². The van der Waals surface area contributed by atoms with Gasteiger partial charge in [0.2, 0.25) is 11.9 Å². The summed E-state index contributed by atoms with van der Waals surface area (Å²) < 4.78 is 37.7. The molecule has 0 bridgehead atoms. The van der Waals surface area contributed by atoms with Crippen molar-refractivity contribution in [2.24, 2.45) is 0 Å². The predicted molar refractivity (Wildman–Crippen MR) is 94.9 cm³/mol.